The molecule has 0 atom stereocenters. The number of carbonyl (C=O) groups excluding carboxylic acids is 2. The third-order valence-corrected chi connectivity index (χ3v) is 2.78. The summed E-state index contributed by atoms with van der Waals surface area (Å²) in [6.07, 6.45) is 0. The molecule has 0 bridgehead atoms. The summed E-state index contributed by atoms with van der Waals surface area (Å²) in [7, 11) is 1.74. The molecule has 2 rings (SSSR count). The zero-order valence-electron chi connectivity index (χ0n) is 11.1. The quantitative estimate of drug-likeness (QED) is 0.795. The van der Waals surface area contributed by atoms with E-state index in [1.165, 1.54) is 6.92 Å². The van der Waals surface area contributed by atoms with Crippen LogP contribution in [0.1, 0.15) is 24.3 Å². The summed E-state index contributed by atoms with van der Waals surface area (Å²) in [5.41, 5.74) is 1.06. The summed E-state index contributed by atoms with van der Waals surface area (Å²) in [5, 5.41) is 0.711. The molecule has 0 saturated carbocycles. The summed E-state index contributed by atoms with van der Waals surface area (Å²) in [5.74, 6) is -0.719. The molecule has 0 unspecified atom stereocenters. The highest BCUT2D eigenvalue weighted by Gasteiger charge is 2.24. The SMILES string of the molecule is CCOC(=O)c1c(OC(C)=O)c2ccccc2n1C. The van der Waals surface area contributed by atoms with E-state index in [-0.39, 0.29) is 18.1 Å². The van der Waals surface area contributed by atoms with Crippen LogP contribution in [0.2, 0.25) is 0 Å². The number of ether oxygens (including phenoxy) is 2. The number of aromatic nitrogens is 1. The van der Waals surface area contributed by atoms with Gasteiger partial charge in [-0.2, -0.15) is 0 Å². The van der Waals surface area contributed by atoms with E-state index in [1.54, 1.807) is 24.6 Å². The van der Waals surface area contributed by atoms with Crippen molar-refractivity contribution in [3.8, 4) is 5.75 Å². The topological polar surface area (TPSA) is 57.5 Å². The van der Waals surface area contributed by atoms with E-state index in [1.807, 2.05) is 18.2 Å². The van der Waals surface area contributed by atoms with Gasteiger partial charge in [-0.25, -0.2) is 4.79 Å². The lowest BCUT2D eigenvalue weighted by Crippen LogP contribution is -2.13. The Bertz CT molecular complexity index is 642. The summed E-state index contributed by atoms with van der Waals surface area (Å²) in [6.45, 7) is 3.29. The molecule has 5 heteroatoms. The van der Waals surface area contributed by atoms with E-state index in [0.717, 1.165) is 5.52 Å². The normalized spacial score (nSPS) is 10.5. The van der Waals surface area contributed by atoms with Gasteiger partial charge in [0.15, 0.2) is 11.4 Å². The van der Waals surface area contributed by atoms with Gasteiger partial charge < -0.3 is 14.0 Å². The van der Waals surface area contributed by atoms with Crippen LogP contribution in [-0.4, -0.2) is 23.1 Å². The molecule has 1 heterocycles. The average Bonchev–Trinajstić information content (AvgIpc) is 2.63. The number of nitrogens with zero attached hydrogens (tertiary/aromatic N) is 1. The van der Waals surface area contributed by atoms with Crippen LogP contribution < -0.4 is 4.74 Å². The van der Waals surface area contributed by atoms with Gasteiger partial charge in [0.2, 0.25) is 0 Å². The van der Waals surface area contributed by atoms with Crippen molar-refractivity contribution in [2.75, 3.05) is 6.61 Å². The molecule has 0 aliphatic rings. The molecule has 1 aromatic heterocycles. The zero-order valence-corrected chi connectivity index (χ0v) is 11.1. The van der Waals surface area contributed by atoms with Gasteiger partial charge in [-0.1, -0.05) is 12.1 Å². The second-order valence-electron chi connectivity index (χ2n) is 4.07. The van der Waals surface area contributed by atoms with Gasteiger partial charge >= 0.3 is 11.9 Å². The number of aryl methyl sites for hydroxylation is 1. The standard InChI is InChI=1S/C14H15NO4/c1-4-18-14(17)12-13(19-9(2)16)10-7-5-6-8-11(10)15(12)3/h5-8H,4H2,1-3H3. The van der Waals surface area contributed by atoms with Crippen molar-refractivity contribution in [2.24, 2.45) is 7.05 Å². The van der Waals surface area contributed by atoms with Crippen LogP contribution in [0.25, 0.3) is 10.9 Å². The predicted molar refractivity (Wildman–Crippen MR) is 70.2 cm³/mol. The lowest BCUT2D eigenvalue weighted by atomic mass is 10.2. The second kappa shape index (κ2) is 5.14. The van der Waals surface area contributed by atoms with Crippen molar-refractivity contribution in [1.82, 2.24) is 4.57 Å². The Kier molecular flexibility index (Phi) is 3.55. The third-order valence-electron chi connectivity index (χ3n) is 2.78. The summed E-state index contributed by atoms with van der Waals surface area (Å²) < 4.78 is 11.9. The Morgan fingerprint density at radius 3 is 2.58 bits per heavy atom. The number of esters is 2. The Balaban J connectivity index is 2.68. The first kappa shape index (κ1) is 13.1. The highest BCUT2D eigenvalue weighted by atomic mass is 16.5. The van der Waals surface area contributed by atoms with E-state index in [4.69, 9.17) is 9.47 Å². The van der Waals surface area contributed by atoms with Crippen molar-refractivity contribution < 1.29 is 19.1 Å². The van der Waals surface area contributed by atoms with E-state index in [0.29, 0.717) is 5.39 Å². The summed E-state index contributed by atoms with van der Waals surface area (Å²) in [4.78, 5) is 23.2. The average molecular weight is 261 g/mol. The Morgan fingerprint density at radius 2 is 1.95 bits per heavy atom. The molecule has 0 aliphatic heterocycles. The monoisotopic (exact) mass is 261 g/mol. The van der Waals surface area contributed by atoms with E-state index in [2.05, 4.69) is 0 Å². The van der Waals surface area contributed by atoms with E-state index >= 15 is 0 Å². The third kappa shape index (κ3) is 2.31. The minimum atomic E-state index is -0.502. The highest BCUT2D eigenvalue weighted by molar-refractivity contribution is 6.02. The number of hydrogen-bond acceptors (Lipinski definition) is 4. The summed E-state index contributed by atoms with van der Waals surface area (Å²) in [6, 6.07) is 7.33. The van der Waals surface area contributed by atoms with Gasteiger partial charge in [0, 0.05) is 19.4 Å². The molecule has 5 nitrogen and oxygen atoms in total. The molecule has 0 spiro atoms. The van der Waals surface area contributed by atoms with Gasteiger partial charge in [0.25, 0.3) is 0 Å². The molecule has 0 N–H and O–H groups in total. The fourth-order valence-electron chi connectivity index (χ4n) is 2.03. The molecule has 0 amide bonds. The molecule has 19 heavy (non-hydrogen) atoms. The van der Waals surface area contributed by atoms with Crippen LogP contribution in [0.15, 0.2) is 24.3 Å². The molecule has 1 aromatic carbocycles. The van der Waals surface area contributed by atoms with Gasteiger partial charge in [-0.05, 0) is 19.1 Å². The molecule has 0 radical (unpaired) electrons. The van der Waals surface area contributed by atoms with E-state index in [9.17, 15) is 9.59 Å². The van der Waals surface area contributed by atoms with Crippen molar-refractivity contribution in [1.29, 1.82) is 0 Å². The first-order valence-electron chi connectivity index (χ1n) is 5.99. The van der Waals surface area contributed by atoms with Gasteiger partial charge in [-0.3, -0.25) is 4.79 Å². The zero-order chi connectivity index (χ0) is 14.0. The Morgan fingerprint density at radius 1 is 1.26 bits per heavy atom. The first-order valence-corrected chi connectivity index (χ1v) is 5.99. The maximum Gasteiger partial charge on any atom is 0.358 e. The number of benzene rings is 1. The number of hydrogen-bond donors (Lipinski definition) is 0. The van der Waals surface area contributed by atoms with Crippen LogP contribution in [0.5, 0.6) is 5.75 Å². The van der Waals surface area contributed by atoms with Crippen LogP contribution in [0.3, 0.4) is 0 Å². The molecule has 100 valence electrons. The van der Waals surface area contributed by atoms with Gasteiger partial charge in [0.05, 0.1) is 12.1 Å². The number of fused-ring (bicyclic) bond motifs is 1. The minimum Gasteiger partial charge on any atom is -0.461 e. The number of carbonyl (C=O) groups is 2. The Labute approximate surface area is 110 Å². The van der Waals surface area contributed by atoms with Crippen molar-refractivity contribution in [3.63, 3.8) is 0 Å². The number of para-hydroxylation sites is 1. The lowest BCUT2D eigenvalue weighted by molar-refractivity contribution is -0.131. The van der Waals surface area contributed by atoms with Crippen molar-refractivity contribution in [2.45, 2.75) is 13.8 Å². The van der Waals surface area contributed by atoms with Gasteiger partial charge in [-0.15, -0.1) is 0 Å². The molecule has 2 aromatic rings. The fourth-order valence-corrected chi connectivity index (χ4v) is 2.03. The van der Waals surface area contributed by atoms with Crippen LogP contribution in [0, 0.1) is 0 Å². The van der Waals surface area contributed by atoms with Gasteiger partial charge in [0.1, 0.15) is 0 Å². The lowest BCUT2D eigenvalue weighted by Gasteiger charge is -2.06. The van der Waals surface area contributed by atoms with E-state index < -0.39 is 11.9 Å². The fraction of sp³-hybridized carbons (Fsp3) is 0.286. The maximum atomic E-state index is 12.0. The van der Waals surface area contributed by atoms with Crippen LogP contribution in [-0.2, 0) is 16.6 Å². The summed E-state index contributed by atoms with van der Waals surface area (Å²) >= 11 is 0. The van der Waals surface area contributed by atoms with Crippen LogP contribution in [0.4, 0.5) is 0 Å². The Hall–Kier alpha value is -2.30. The van der Waals surface area contributed by atoms with Crippen LogP contribution >= 0.6 is 0 Å². The maximum absolute atomic E-state index is 12.0. The van der Waals surface area contributed by atoms with Crippen molar-refractivity contribution in [3.05, 3.63) is 30.0 Å². The molecule has 0 aliphatic carbocycles. The van der Waals surface area contributed by atoms with Crippen molar-refractivity contribution >= 4 is 22.8 Å². The smallest absolute Gasteiger partial charge is 0.358 e. The highest BCUT2D eigenvalue weighted by Crippen LogP contribution is 2.33. The molecule has 0 saturated heterocycles. The largest absolute Gasteiger partial charge is 0.461 e. The number of rotatable bonds is 3. The molecule has 0 fully saturated rings. The second-order valence-corrected chi connectivity index (χ2v) is 4.07. The molecular formula is C14H15NO4. The molecular weight excluding hydrogens is 246 g/mol. The minimum absolute atomic E-state index is 0.248. The first-order chi connectivity index (χ1) is 9.06. The predicted octanol–water partition coefficient (Wildman–Crippen LogP) is 2.28.